The molecule has 0 aromatic heterocycles. The summed E-state index contributed by atoms with van der Waals surface area (Å²) in [6.07, 6.45) is 5.70. The number of ketones is 1. The Bertz CT molecular complexity index is 284. The number of unbranched alkanes of at least 4 members (excludes halogenated alkanes) is 2. The molecule has 20 heavy (non-hydrogen) atoms. The molecular weight excluding hydrogens is 262 g/mol. The van der Waals surface area contributed by atoms with Gasteiger partial charge in [-0.2, -0.15) is 0 Å². The van der Waals surface area contributed by atoms with Crippen LogP contribution < -0.4 is 0 Å². The van der Waals surface area contributed by atoms with Crippen LogP contribution in [0.25, 0.3) is 0 Å². The zero-order chi connectivity index (χ0) is 15.0. The van der Waals surface area contributed by atoms with E-state index in [1.54, 1.807) is 6.92 Å². The van der Waals surface area contributed by atoms with E-state index >= 15 is 0 Å². The van der Waals surface area contributed by atoms with Gasteiger partial charge in [0, 0.05) is 12.0 Å². The highest BCUT2D eigenvalue weighted by atomic mass is 19.3. The van der Waals surface area contributed by atoms with E-state index in [9.17, 15) is 13.6 Å². The number of carbonyl (C=O) groups excluding carboxylic acids is 1. The smallest absolute Gasteiger partial charge is 0.261 e. The monoisotopic (exact) mass is 290 g/mol. The number of halogens is 2. The lowest BCUT2D eigenvalue weighted by Gasteiger charge is -2.38. The van der Waals surface area contributed by atoms with Gasteiger partial charge in [0.1, 0.15) is 12.4 Å². The van der Waals surface area contributed by atoms with Crippen LogP contribution in [0.15, 0.2) is 0 Å². The average Bonchev–Trinajstić information content (AvgIpc) is 2.40. The van der Waals surface area contributed by atoms with Gasteiger partial charge in [0.15, 0.2) is 0 Å². The molecule has 0 heterocycles. The Hall–Kier alpha value is -0.510. The second-order valence-electron chi connectivity index (χ2n) is 6.17. The van der Waals surface area contributed by atoms with Crippen LogP contribution >= 0.6 is 0 Å². The number of Topliss-reactive ketones (excluding diaryl/α,β-unsaturated/α-hetero) is 1. The van der Waals surface area contributed by atoms with Crippen molar-refractivity contribution in [3.8, 4) is 0 Å². The normalized spacial score (nSPS) is 26.9. The fourth-order valence-corrected chi connectivity index (χ4v) is 3.21. The van der Waals surface area contributed by atoms with Gasteiger partial charge in [-0.25, -0.2) is 8.78 Å². The Labute approximate surface area is 121 Å². The van der Waals surface area contributed by atoms with Crippen molar-refractivity contribution in [1.82, 2.24) is 0 Å². The van der Waals surface area contributed by atoms with Gasteiger partial charge in [0.25, 0.3) is 6.43 Å². The van der Waals surface area contributed by atoms with Crippen molar-refractivity contribution in [3.63, 3.8) is 0 Å². The minimum atomic E-state index is -2.39. The summed E-state index contributed by atoms with van der Waals surface area (Å²) in [7, 11) is 0. The Morgan fingerprint density at radius 2 is 1.95 bits per heavy atom. The molecule has 4 heteroatoms. The molecule has 0 aliphatic heterocycles. The Balaban J connectivity index is 2.37. The fraction of sp³-hybridized carbons (Fsp3) is 0.938. The maximum Gasteiger partial charge on any atom is 0.261 e. The summed E-state index contributed by atoms with van der Waals surface area (Å²) in [5.74, 6) is 0.646. The predicted molar refractivity (Wildman–Crippen MR) is 76.0 cm³/mol. The zero-order valence-electron chi connectivity index (χ0n) is 12.8. The van der Waals surface area contributed by atoms with Crippen molar-refractivity contribution in [2.45, 2.75) is 71.6 Å². The molecule has 1 rings (SSSR count). The lowest BCUT2D eigenvalue weighted by Crippen LogP contribution is -2.35. The molecule has 0 radical (unpaired) electrons. The molecule has 118 valence electrons. The molecule has 2 nitrogen and oxygen atoms in total. The van der Waals surface area contributed by atoms with Gasteiger partial charge >= 0.3 is 0 Å². The number of hydrogen-bond donors (Lipinski definition) is 0. The van der Waals surface area contributed by atoms with Gasteiger partial charge in [-0.3, -0.25) is 4.79 Å². The first-order chi connectivity index (χ1) is 9.50. The summed E-state index contributed by atoms with van der Waals surface area (Å²) in [5, 5.41) is 0. The first-order valence-corrected chi connectivity index (χ1v) is 7.87. The summed E-state index contributed by atoms with van der Waals surface area (Å²) >= 11 is 0. The van der Waals surface area contributed by atoms with Crippen LogP contribution in [0.5, 0.6) is 0 Å². The largest absolute Gasteiger partial charge is 0.375 e. The van der Waals surface area contributed by atoms with E-state index < -0.39 is 13.0 Å². The van der Waals surface area contributed by atoms with Gasteiger partial charge < -0.3 is 4.74 Å². The zero-order valence-corrected chi connectivity index (χ0v) is 12.8. The quantitative estimate of drug-likeness (QED) is 0.579. The van der Waals surface area contributed by atoms with Gasteiger partial charge in [-0.15, -0.1) is 0 Å². The molecule has 0 spiro atoms. The Morgan fingerprint density at radius 3 is 2.45 bits per heavy atom. The topological polar surface area (TPSA) is 26.3 Å². The van der Waals surface area contributed by atoms with Crippen LogP contribution in [0.1, 0.15) is 65.2 Å². The number of rotatable bonds is 9. The minimum absolute atomic E-state index is 0.144. The minimum Gasteiger partial charge on any atom is -0.375 e. The highest BCUT2D eigenvalue weighted by Gasteiger charge is 2.38. The van der Waals surface area contributed by atoms with E-state index in [2.05, 4.69) is 6.92 Å². The molecule has 0 aromatic rings. The van der Waals surface area contributed by atoms with E-state index in [0.29, 0.717) is 18.3 Å². The third-order valence-electron chi connectivity index (χ3n) is 4.67. The van der Waals surface area contributed by atoms with Gasteiger partial charge in [-0.1, -0.05) is 26.2 Å². The Kier molecular flexibility index (Phi) is 7.63. The number of carbonyl (C=O) groups is 1. The molecule has 0 aromatic carbocycles. The lowest BCUT2D eigenvalue weighted by atomic mass is 9.66. The van der Waals surface area contributed by atoms with Crippen LogP contribution in [0.4, 0.5) is 8.78 Å². The SMILES string of the molecule is CCCCCC1(C(C)=O)CCC(COCC(F)F)CC1. The molecule has 0 N–H and O–H groups in total. The first kappa shape index (κ1) is 17.5. The van der Waals surface area contributed by atoms with Gasteiger partial charge in [-0.05, 0) is 44.9 Å². The highest BCUT2D eigenvalue weighted by molar-refractivity contribution is 5.82. The lowest BCUT2D eigenvalue weighted by molar-refractivity contribution is -0.130. The summed E-state index contributed by atoms with van der Waals surface area (Å²) in [5.41, 5.74) is -0.144. The fourth-order valence-electron chi connectivity index (χ4n) is 3.21. The highest BCUT2D eigenvalue weighted by Crippen LogP contribution is 2.43. The summed E-state index contributed by atoms with van der Waals surface area (Å²) < 4.78 is 29.1. The number of alkyl halides is 2. The Morgan fingerprint density at radius 1 is 1.30 bits per heavy atom. The van der Waals surface area contributed by atoms with E-state index in [1.165, 1.54) is 6.42 Å². The molecular formula is C16H28F2O2. The predicted octanol–water partition coefficient (Wildman–Crippen LogP) is 4.61. The van der Waals surface area contributed by atoms with Crippen molar-refractivity contribution in [2.75, 3.05) is 13.2 Å². The molecule has 0 amide bonds. The van der Waals surface area contributed by atoms with Crippen LogP contribution in [0.2, 0.25) is 0 Å². The molecule has 1 aliphatic rings. The van der Waals surface area contributed by atoms with Crippen LogP contribution in [0, 0.1) is 11.3 Å². The summed E-state index contributed by atoms with van der Waals surface area (Å²) in [6, 6.07) is 0. The van der Waals surface area contributed by atoms with Crippen LogP contribution in [-0.4, -0.2) is 25.4 Å². The first-order valence-electron chi connectivity index (χ1n) is 7.87. The molecule has 0 saturated heterocycles. The summed E-state index contributed by atoms with van der Waals surface area (Å²) in [4.78, 5) is 12.0. The second-order valence-corrected chi connectivity index (χ2v) is 6.17. The van der Waals surface area contributed by atoms with Crippen molar-refractivity contribution >= 4 is 5.78 Å². The van der Waals surface area contributed by atoms with Crippen molar-refractivity contribution in [2.24, 2.45) is 11.3 Å². The van der Waals surface area contributed by atoms with E-state index in [-0.39, 0.29) is 5.41 Å². The number of ether oxygens (including phenoxy) is 1. The molecule has 1 aliphatic carbocycles. The molecule has 0 bridgehead atoms. The van der Waals surface area contributed by atoms with Crippen LogP contribution in [-0.2, 0) is 9.53 Å². The van der Waals surface area contributed by atoms with Crippen LogP contribution in [0.3, 0.4) is 0 Å². The van der Waals surface area contributed by atoms with E-state index in [1.807, 2.05) is 0 Å². The maximum atomic E-state index is 12.0. The molecule has 1 fully saturated rings. The summed E-state index contributed by atoms with van der Waals surface area (Å²) in [6.45, 7) is 3.81. The van der Waals surface area contributed by atoms with Crippen molar-refractivity contribution in [1.29, 1.82) is 0 Å². The average molecular weight is 290 g/mol. The number of hydrogen-bond acceptors (Lipinski definition) is 2. The third kappa shape index (κ3) is 5.47. The molecule has 0 atom stereocenters. The van der Waals surface area contributed by atoms with E-state index in [4.69, 9.17) is 4.74 Å². The molecule has 1 saturated carbocycles. The van der Waals surface area contributed by atoms with Gasteiger partial charge in [0.2, 0.25) is 0 Å². The van der Waals surface area contributed by atoms with Crippen molar-refractivity contribution in [3.05, 3.63) is 0 Å². The standard InChI is InChI=1S/C16H28F2O2/c1-3-4-5-8-16(13(2)19)9-6-14(7-10-16)11-20-12-15(17)18/h14-15H,3-12H2,1-2H3. The molecule has 0 unspecified atom stereocenters. The maximum absolute atomic E-state index is 12.0. The third-order valence-corrected chi connectivity index (χ3v) is 4.67. The second kappa shape index (κ2) is 8.71. The van der Waals surface area contributed by atoms with Crippen molar-refractivity contribution < 1.29 is 18.3 Å². The van der Waals surface area contributed by atoms with Gasteiger partial charge in [0.05, 0.1) is 0 Å². The van der Waals surface area contributed by atoms with E-state index in [0.717, 1.165) is 44.9 Å².